The number of aromatic nitrogens is 1. The molecule has 0 atom stereocenters. The largest absolute Gasteiger partial charge is 0.490 e. The highest BCUT2D eigenvalue weighted by Crippen LogP contribution is 2.37. The van der Waals surface area contributed by atoms with Gasteiger partial charge >= 0.3 is 5.69 Å². The van der Waals surface area contributed by atoms with Crippen molar-refractivity contribution in [1.82, 2.24) is 4.98 Å². The Labute approximate surface area is 205 Å². The van der Waals surface area contributed by atoms with Gasteiger partial charge in [0.05, 0.1) is 23.4 Å². The number of benzene rings is 2. The fraction of sp³-hybridized carbons (Fsp3) is 0.115. The molecule has 0 spiro atoms. The standard InChI is InChI=1S/C26H21N5O5/c1-36-25-12-16(2-5-23(25)31(34)35)17-10-21-19(24(32)11-17)14-28-22-13-18(3-4-20(22)30-21)29-26(33)15-6-8-27-9-7-15/h2-10,12-13,28,30H,11,14H2,1H3,(H,29,33). The van der Waals surface area contributed by atoms with Crippen LogP contribution >= 0.6 is 0 Å². The van der Waals surface area contributed by atoms with Crippen LogP contribution in [-0.4, -0.2) is 35.3 Å². The third-order valence-electron chi connectivity index (χ3n) is 6.02. The maximum absolute atomic E-state index is 13.0. The predicted molar refractivity (Wildman–Crippen MR) is 135 cm³/mol. The van der Waals surface area contributed by atoms with Crippen molar-refractivity contribution in [3.05, 3.63) is 99.5 Å². The summed E-state index contributed by atoms with van der Waals surface area (Å²) < 4.78 is 5.18. The van der Waals surface area contributed by atoms with Crippen LogP contribution in [0.1, 0.15) is 22.3 Å². The van der Waals surface area contributed by atoms with E-state index in [9.17, 15) is 19.7 Å². The van der Waals surface area contributed by atoms with Crippen molar-refractivity contribution in [3.8, 4) is 5.75 Å². The molecule has 0 fully saturated rings. The van der Waals surface area contributed by atoms with Crippen molar-refractivity contribution >= 4 is 40.0 Å². The van der Waals surface area contributed by atoms with E-state index in [1.165, 1.54) is 13.2 Å². The van der Waals surface area contributed by atoms with E-state index < -0.39 is 4.92 Å². The van der Waals surface area contributed by atoms with Crippen molar-refractivity contribution in [2.75, 3.05) is 29.6 Å². The number of allylic oxidation sites excluding steroid dienone is 2. The molecule has 0 saturated carbocycles. The van der Waals surface area contributed by atoms with E-state index in [1.807, 2.05) is 12.1 Å². The fourth-order valence-electron chi connectivity index (χ4n) is 4.17. The van der Waals surface area contributed by atoms with Crippen LogP contribution in [0, 0.1) is 10.1 Å². The Balaban J connectivity index is 1.41. The fourth-order valence-corrected chi connectivity index (χ4v) is 4.17. The van der Waals surface area contributed by atoms with Crippen molar-refractivity contribution in [2.45, 2.75) is 6.42 Å². The molecular weight excluding hydrogens is 462 g/mol. The molecule has 2 aliphatic rings. The number of rotatable bonds is 5. The monoisotopic (exact) mass is 483 g/mol. The van der Waals surface area contributed by atoms with Gasteiger partial charge in [-0.25, -0.2) is 0 Å². The Hall–Kier alpha value is -4.99. The van der Waals surface area contributed by atoms with Gasteiger partial charge in [0.25, 0.3) is 5.91 Å². The van der Waals surface area contributed by atoms with Crippen molar-refractivity contribution < 1.29 is 19.2 Å². The van der Waals surface area contributed by atoms with E-state index in [1.54, 1.807) is 48.8 Å². The maximum Gasteiger partial charge on any atom is 0.310 e. The molecule has 1 aliphatic carbocycles. The van der Waals surface area contributed by atoms with E-state index in [4.69, 9.17) is 4.74 Å². The smallest absolute Gasteiger partial charge is 0.310 e. The molecule has 10 heteroatoms. The van der Waals surface area contributed by atoms with Gasteiger partial charge < -0.3 is 20.7 Å². The topological polar surface area (TPSA) is 135 Å². The third-order valence-corrected chi connectivity index (χ3v) is 6.02. The molecule has 10 nitrogen and oxygen atoms in total. The third kappa shape index (κ3) is 4.39. The van der Waals surface area contributed by atoms with Crippen molar-refractivity contribution in [1.29, 1.82) is 0 Å². The normalized spacial score (nSPS) is 14.4. The SMILES string of the molecule is COc1cc(C2=CC3=C(CNc4cc(NC(=O)c5ccncc5)ccc4N3)C(=O)C2)ccc1[N+](=O)[O-]. The molecule has 1 aromatic heterocycles. The highest BCUT2D eigenvalue weighted by Gasteiger charge is 2.26. The number of ether oxygens (including phenoxy) is 1. The van der Waals surface area contributed by atoms with Gasteiger partial charge in [-0.1, -0.05) is 0 Å². The zero-order valence-electron chi connectivity index (χ0n) is 19.2. The zero-order valence-corrected chi connectivity index (χ0v) is 19.2. The minimum atomic E-state index is -0.507. The molecule has 0 radical (unpaired) electrons. The number of ketones is 1. The summed E-state index contributed by atoms with van der Waals surface area (Å²) in [7, 11) is 1.37. The van der Waals surface area contributed by atoms with Crippen molar-refractivity contribution in [3.63, 3.8) is 0 Å². The van der Waals surface area contributed by atoms with Crippen LogP contribution in [0.5, 0.6) is 5.75 Å². The van der Waals surface area contributed by atoms with Crippen LogP contribution in [-0.2, 0) is 4.79 Å². The number of nitro benzene ring substituents is 1. The first-order chi connectivity index (χ1) is 17.4. The number of amides is 1. The molecule has 0 unspecified atom stereocenters. The Morgan fingerprint density at radius 2 is 1.92 bits per heavy atom. The highest BCUT2D eigenvalue weighted by molar-refractivity contribution is 6.08. The molecular formula is C26H21N5O5. The Morgan fingerprint density at radius 1 is 1.11 bits per heavy atom. The van der Waals surface area contributed by atoms with Gasteiger partial charge in [-0.2, -0.15) is 0 Å². The van der Waals surface area contributed by atoms with Crippen LogP contribution in [0.3, 0.4) is 0 Å². The van der Waals surface area contributed by atoms with Crippen LogP contribution in [0.4, 0.5) is 22.7 Å². The number of nitrogens with one attached hydrogen (secondary N) is 3. The number of carbonyl (C=O) groups excluding carboxylic acids is 2. The number of fused-ring (bicyclic) bond motifs is 1. The van der Waals surface area contributed by atoms with Crippen LogP contribution in [0.15, 0.2) is 78.3 Å². The number of methoxy groups -OCH3 is 1. The molecule has 1 aliphatic heterocycles. The molecule has 3 aromatic rings. The number of pyridine rings is 1. The number of hydrogen-bond acceptors (Lipinski definition) is 8. The molecule has 0 saturated heterocycles. The van der Waals surface area contributed by atoms with Gasteiger partial charge in [0.1, 0.15) is 0 Å². The first-order valence-electron chi connectivity index (χ1n) is 11.1. The first kappa shape index (κ1) is 22.8. The summed E-state index contributed by atoms with van der Waals surface area (Å²) in [6.45, 7) is 0.309. The van der Waals surface area contributed by atoms with Gasteiger partial charge in [-0.05, 0) is 59.7 Å². The summed E-state index contributed by atoms with van der Waals surface area (Å²) in [5.74, 6) is -0.177. The predicted octanol–water partition coefficient (Wildman–Crippen LogP) is 4.40. The Bertz CT molecular complexity index is 1460. The van der Waals surface area contributed by atoms with Crippen LogP contribution in [0.25, 0.3) is 5.57 Å². The Kier molecular flexibility index (Phi) is 5.91. The lowest BCUT2D eigenvalue weighted by Crippen LogP contribution is -2.18. The van der Waals surface area contributed by atoms with Gasteiger partial charge in [0.2, 0.25) is 0 Å². The summed E-state index contributed by atoms with van der Waals surface area (Å²) >= 11 is 0. The van der Waals surface area contributed by atoms with E-state index in [-0.39, 0.29) is 29.5 Å². The lowest BCUT2D eigenvalue weighted by Gasteiger charge is -2.19. The van der Waals surface area contributed by atoms with E-state index >= 15 is 0 Å². The first-order valence-corrected chi connectivity index (χ1v) is 11.1. The minimum Gasteiger partial charge on any atom is -0.490 e. The van der Waals surface area contributed by atoms with Gasteiger partial charge in [-0.15, -0.1) is 0 Å². The molecule has 2 heterocycles. The summed E-state index contributed by atoms with van der Waals surface area (Å²) in [4.78, 5) is 40.2. The van der Waals surface area contributed by atoms with E-state index in [2.05, 4.69) is 20.9 Å². The summed E-state index contributed by atoms with van der Waals surface area (Å²) in [5, 5.41) is 20.7. The van der Waals surface area contributed by atoms with Gasteiger partial charge in [0, 0.05) is 53.9 Å². The summed E-state index contributed by atoms with van der Waals surface area (Å²) in [6, 6.07) is 13.2. The number of hydrogen-bond donors (Lipinski definition) is 3. The zero-order chi connectivity index (χ0) is 25.2. The second kappa shape index (κ2) is 9.34. The van der Waals surface area contributed by atoms with Crippen molar-refractivity contribution in [2.24, 2.45) is 0 Å². The number of nitro groups is 1. The average molecular weight is 483 g/mol. The average Bonchev–Trinajstić information content (AvgIpc) is 3.08. The lowest BCUT2D eigenvalue weighted by atomic mass is 9.90. The van der Waals surface area contributed by atoms with E-state index in [0.29, 0.717) is 34.6 Å². The minimum absolute atomic E-state index is 0.0566. The number of anilines is 3. The quantitative estimate of drug-likeness (QED) is 0.359. The lowest BCUT2D eigenvalue weighted by molar-refractivity contribution is -0.385. The number of Topliss-reactive ketones (excluding diaryl/α,β-unsaturated/α-hetero) is 1. The van der Waals surface area contributed by atoms with Gasteiger partial charge in [0.15, 0.2) is 11.5 Å². The highest BCUT2D eigenvalue weighted by atomic mass is 16.6. The van der Waals surface area contributed by atoms with Gasteiger partial charge in [-0.3, -0.25) is 24.7 Å². The molecule has 180 valence electrons. The molecule has 2 aromatic carbocycles. The number of carbonyl (C=O) groups is 2. The molecule has 5 rings (SSSR count). The molecule has 36 heavy (non-hydrogen) atoms. The maximum atomic E-state index is 13.0. The Morgan fingerprint density at radius 3 is 2.67 bits per heavy atom. The molecule has 0 bridgehead atoms. The second-order valence-corrected chi connectivity index (χ2v) is 8.23. The van der Waals surface area contributed by atoms with Crippen LogP contribution < -0.4 is 20.7 Å². The van der Waals surface area contributed by atoms with Crippen LogP contribution in [0.2, 0.25) is 0 Å². The second-order valence-electron chi connectivity index (χ2n) is 8.23. The molecule has 1 amide bonds. The van der Waals surface area contributed by atoms with E-state index in [0.717, 1.165) is 16.9 Å². The molecule has 3 N–H and O–H groups in total. The summed E-state index contributed by atoms with van der Waals surface area (Å²) in [6.07, 6.45) is 5.15. The number of nitrogens with zero attached hydrogens (tertiary/aromatic N) is 2. The summed E-state index contributed by atoms with van der Waals surface area (Å²) in [5.41, 5.74) is 5.09.